The molecule has 33 heavy (non-hydrogen) atoms. The summed E-state index contributed by atoms with van der Waals surface area (Å²) in [5.41, 5.74) is 1.63. The summed E-state index contributed by atoms with van der Waals surface area (Å²) in [6.07, 6.45) is 1.57. The highest BCUT2D eigenvalue weighted by Gasteiger charge is 2.29. The molecule has 8 nitrogen and oxygen atoms in total. The van der Waals surface area contributed by atoms with E-state index in [0.717, 1.165) is 62.8 Å². The third-order valence-corrected chi connectivity index (χ3v) is 9.25. The minimum atomic E-state index is -3.57. The van der Waals surface area contributed by atoms with E-state index in [-0.39, 0.29) is 16.7 Å². The zero-order valence-corrected chi connectivity index (χ0v) is 21.0. The van der Waals surface area contributed by atoms with Gasteiger partial charge in [0, 0.05) is 49.7 Å². The van der Waals surface area contributed by atoms with E-state index in [2.05, 4.69) is 32.4 Å². The summed E-state index contributed by atoms with van der Waals surface area (Å²) in [5.74, 6) is -0.105. The number of amides is 1. The summed E-state index contributed by atoms with van der Waals surface area (Å²) in [7, 11) is -3.57. The molecule has 2 saturated heterocycles. The van der Waals surface area contributed by atoms with Crippen LogP contribution in [0.25, 0.3) is 0 Å². The average Bonchev–Trinajstić information content (AvgIpc) is 3.24. The van der Waals surface area contributed by atoms with Crippen LogP contribution >= 0.6 is 11.3 Å². The topological polar surface area (TPSA) is 85.8 Å². The molecule has 0 bridgehead atoms. The quantitative estimate of drug-likeness (QED) is 0.641. The van der Waals surface area contributed by atoms with Gasteiger partial charge in [-0.25, -0.2) is 13.4 Å². The van der Waals surface area contributed by atoms with Gasteiger partial charge < -0.3 is 10.2 Å². The first kappa shape index (κ1) is 24.3. The second kappa shape index (κ2) is 10.6. The summed E-state index contributed by atoms with van der Waals surface area (Å²) in [4.78, 5) is 22.2. The molecular formula is C23H33N5O3S2. The number of thiazole rings is 1. The van der Waals surface area contributed by atoms with E-state index in [4.69, 9.17) is 0 Å². The van der Waals surface area contributed by atoms with E-state index in [1.807, 2.05) is 6.92 Å². The van der Waals surface area contributed by atoms with Crippen LogP contribution in [-0.2, 0) is 21.4 Å². The number of sulfonamides is 1. The Bertz CT molecular complexity index is 1060. The van der Waals surface area contributed by atoms with Crippen molar-refractivity contribution in [3.05, 3.63) is 40.3 Å². The Kier molecular flexibility index (Phi) is 7.80. The first-order valence-electron chi connectivity index (χ1n) is 11.6. The number of rotatable bonds is 7. The summed E-state index contributed by atoms with van der Waals surface area (Å²) in [6, 6.07) is 6.64. The number of hydrogen-bond donors (Lipinski definition) is 1. The number of aryl methyl sites for hydroxylation is 1. The van der Waals surface area contributed by atoms with Crippen molar-refractivity contribution < 1.29 is 13.2 Å². The first-order chi connectivity index (χ1) is 15.8. The number of nitrogens with one attached hydrogen (secondary N) is 1. The molecule has 2 aromatic rings. The molecule has 180 valence electrons. The molecule has 0 spiro atoms. The van der Waals surface area contributed by atoms with Crippen LogP contribution in [0.1, 0.15) is 30.5 Å². The largest absolute Gasteiger partial charge is 0.326 e. The van der Waals surface area contributed by atoms with Gasteiger partial charge in [-0.3, -0.25) is 9.69 Å². The minimum absolute atomic E-state index is 0.0368. The first-order valence-corrected chi connectivity index (χ1v) is 13.9. The Morgan fingerprint density at radius 3 is 2.48 bits per heavy atom. The van der Waals surface area contributed by atoms with E-state index in [1.165, 1.54) is 0 Å². The van der Waals surface area contributed by atoms with E-state index < -0.39 is 10.0 Å². The highest BCUT2D eigenvalue weighted by atomic mass is 32.2. The standard InChI is InChI=1S/C23H33N5O3S2/c1-3-26-11-13-28(14-12-26)33(30,31)22-6-4-5-20(15-22)25-23(29)19-7-9-27(10-8-19)16-21-17-32-18(2)24-21/h4-6,15,17,19H,3,7-14,16H2,1-2H3,(H,25,29). The molecule has 0 saturated carbocycles. The van der Waals surface area contributed by atoms with E-state index >= 15 is 0 Å². The molecule has 2 aliphatic rings. The normalized spacial score (nSPS) is 19.6. The fourth-order valence-corrected chi connectivity index (χ4v) is 6.55. The van der Waals surface area contributed by atoms with Crippen LogP contribution in [0.15, 0.2) is 34.5 Å². The lowest BCUT2D eigenvalue weighted by Gasteiger charge is -2.33. The lowest BCUT2D eigenvalue weighted by Crippen LogP contribution is -2.48. The second-order valence-electron chi connectivity index (χ2n) is 8.76. The predicted molar refractivity (Wildman–Crippen MR) is 131 cm³/mol. The van der Waals surface area contributed by atoms with Crippen LogP contribution in [0.2, 0.25) is 0 Å². The van der Waals surface area contributed by atoms with Crippen molar-refractivity contribution in [3.8, 4) is 0 Å². The van der Waals surface area contributed by atoms with Crippen molar-refractivity contribution in [1.29, 1.82) is 0 Å². The van der Waals surface area contributed by atoms with Crippen LogP contribution in [0, 0.1) is 12.8 Å². The average molecular weight is 492 g/mol. The number of aromatic nitrogens is 1. The molecule has 0 aliphatic carbocycles. The number of likely N-dealkylation sites (tertiary alicyclic amines) is 1. The maximum absolute atomic E-state index is 13.1. The maximum Gasteiger partial charge on any atom is 0.243 e. The number of anilines is 1. The van der Waals surface area contributed by atoms with Gasteiger partial charge in [-0.05, 0) is 57.6 Å². The van der Waals surface area contributed by atoms with Crippen molar-refractivity contribution >= 4 is 33.0 Å². The molecule has 4 rings (SSSR count). The Morgan fingerprint density at radius 2 is 1.85 bits per heavy atom. The fraction of sp³-hybridized carbons (Fsp3) is 0.565. The molecule has 0 atom stereocenters. The third kappa shape index (κ3) is 5.99. The Hall–Kier alpha value is -1.85. The van der Waals surface area contributed by atoms with Crippen molar-refractivity contribution in [1.82, 2.24) is 19.1 Å². The SMILES string of the molecule is CCN1CCN(S(=O)(=O)c2cccc(NC(=O)C3CCN(Cc4csc(C)n4)CC3)c2)CC1. The Labute approximate surface area is 200 Å². The second-order valence-corrected chi connectivity index (χ2v) is 11.8. The van der Waals surface area contributed by atoms with Crippen LogP contribution in [-0.4, -0.2) is 79.2 Å². The summed E-state index contributed by atoms with van der Waals surface area (Å²) in [5, 5.41) is 6.12. The molecule has 1 aromatic carbocycles. The monoisotopic (exact) mass is 491 g/mol. The number of carbonyl (C=O) groups excluding carboxylic acids is 1. The van der Waals surface area contributed by atoms with E-state index in [9.17, 15) is 13.2 Å². The molecule has 0 unspecified atom stereocenters. The van der Waals surface area contributed by atoms with Gasteiger partial charge in [-0.15, -0.1) is 11.3 Å². The van der Waals surface area contributed by atoms with Gasteiger partial charge in [-0.1, -0.05) is 13.0 Å². The van der Waals surface area contributed by atoms with E-state index in [1.54, 1.807) is 39.9 Å². The molecule has 1 amide bonds. The number of piperidine rings is 1. The molecule has 3 heterocycles. The maximum atomic E-state index is 13.1. The third-order valence-electron chi connectivity index (χ3n) is 6.53. The summed E-state index contributed by atoms with van der Waals surface area (Å²) in [6.45, 7) is 10.0. The van der Waals surface area contributed by atoms with Crippen LogP contribution in [0.3, 0.4) is 0 Å². The molecule has 1 N–H and O–H groups in total. The zero-order chi connectivity index (χ0) is 23.4. The zero-order valence-electron chi connectivity index (χ0n) is 19.4. The number of likely N-dealkylation sites (N-methyl/N-ethyl adjacent to an activating group) is 1. The van der Waals surface area contributed by atoms with Gasteiger partial charge in [0.2, 0.25) is 15.9 Å². The molecule has 1 aromatic heterocycles. The predicted octanol–water partition coefficient (Wildman–Crippen LogP) is 2.63. The van der Waals surface area contributed by atoms with Gasteiger partial charge in [0.15, 0.2) is 0 Å². The number of benzene rings is 1. The van der Waals surface area contributed by atoms with Crippen molar-refractivity contribution in [2.45, 2.75) is 38.1 Å². The summed E-state index contributed by atoms with van der Waals surface area (Å²) >= 11 is 1.66. The highest BCUT2D eigenvalue weighted by Crippen LogP contribution is 2.24. The molecular weight excluding hydrogens is 458 g/mol. The Morgan fingerprint density at radius 1 is 1.12 bits per heavy atom. The number of nitrogens with zero attached hydrogens (tertiary/aromatic N) is 4. The van der Waals surface area contributed by atoms with Crippen LogP contribution in [0.4, 0.5) is 5.69 Å². The van der Waals surface area contributed by atoms with Gasteiger partial charge in [0.1, 0.15) is 0 Å². The Balaban J connectivity index is 1.32. The fourth-order valence-electron chi connectivity index (χ4n) is 4.48. The molecule has 2 fully saturated rings. The van der Waals surface area contributed by atoms with Gasteiger partial charge in [0.05, 0.1) is 15.6 Å². The van der Waals surface area contributed by atoms with Gasteiger partial charge >= 0.3 is 0 Å². The number of hydrogen-bond acceptors (Lipinski definition) is 7. The summed E-state index contributed by atoms with van der Waals surface area (Å²) < 4.78 is 27.7. The number of piperazine rings is 1. The van der Waals surface area contributed by atoms with Crippen molar-refractivity contribution in [2.24, 2.45) is 5.92 Å². The van der Waals surface area contributed by atoms with Gasteiger partial charge in [-0.2, -0.15) is 4.31 Å². The van der Waals surface area contributed by atoms with Crippen molar-refractivity contribution in [2.75, 3.05) is 51.1 Å². The molecule has 2 aliphatic heterocycles. The minimum Gasteiger partial charge on any atom is -0.326 e. The van der Waals surface area contributed by atoms with Crippen molar-refractivity contribution in [3.63, 3.8) is 0 Å². The smallest absolute Gasteiger partial charge is 0.243 e. The lowest BCUT2D eigenvalue weighted by molar-refractivity contribution is -0.121. The molecule has 10 heteroatoms. The molecule has 0 radical (unpaired) electrons. The van der Waals surface area contributed by atoms with Crippen LogP contribution < -0.4 is 5.32 Å². The lowest BCUT2D eigenvalue weighted by atomic mass is 9.95. The highest BCUT2D eigenvalue weighted by molar-refractivity contribution is 7.89. The van der Waals surface area contributed by atoms with Crippen LogP contribution in [0.5, 0.6) is 0 Å². The van der Waals surface area contributed by atoms with E-state index in [0.29, 0.717) is 18.8 Å². The number of carbonyl (C=O) groups is 1. The van der Waals surface area contributed by atoms with Gasteiger partial charge in [0.25, 0.3) is 0 Å².